The maximum Gasteiger partial charge on any atom is 0.331 e. The number of rotatable bonds is 7. The number of ether oxygens (including phenoxy) is 3. The lowest BCUT2D eigenvalue weighted by molar-refractivity contribution is -0.148. The number of anilines is 1. The number of methoxy groups -OCH3 is 2. The van der Waals surface area contributed by atoms with Crippen LogP contribution >= 0.6 is 0 Å². The van der Waals surface area contributed by atoms with Crippen molar-refractivity contribution < 1.29 is 23.8 Å². The Balaban J connectivity index is 2.00. The fraction of sp³-hybridized carbons (Fsp3) is 0.304. The van der Waals surface area contributed by atoms with Crippen LogP contribution in [0.1, 0.15) is 29.2 Å². The molecule has 154 valence electrons. The molecule has 2 aromatic carbocycles. The lowest BCUT2D eigenvalue weighted by atomic mass is 10.0. The predicted molar refractivity (Wildman–Crippen MR) is 113 cm³/mol. The molecule has 0 heterocycles. The molecule has 0 aliphatic carbocycles. The van der Waals surface area contributed by atoms with Gasteiger partial charge in [-0.3, -0.25) is 4.79 Å². The first-order valence-electron chi connectivity index (χ1n) is 9.24. The van der Waals surface area contributed by atoms with E-state index in [9.17, 15) is 9.59 Å². The summed E-state index contributed by atoms with van der Waals surface area (Å²) < 4.78 is 15.6. The third-order valence-electron chi connectivity index (χ3n) is 4.41. The van der Waals surface area contributed by atoms with E-state index in [1.54, 1.807) is 31.4 Å². The van der Waals surface area contributed by atoms with Gasteiger partial charge in [-0.2, -0.15) is 0 Å². The summed E-state index contributed by atoms with van der Waals surface area (Å²) in [5.74, 6) is 0.159. The van der Waals surface area contributed by atoms with Crippen LogP contribution in [0, 0.1) is 20.8 Å². The summed E-state index contributed by atoms with van der Waals surface area (Å²) in [6, 6.07) is 9.24. The topological polar surface area (TPSA) is 73.9 Å². The Morgan fingerprint density at radius 1 is 0.966 bits per heavy atom. The molecule has 29 heavy (non-hydrogen) atoms. The largest absolute Gasteiger partial charge is 0.493 e. The summed E-state index contributed by atoms with van der Waals surface area (Å²) in [6.45, 7) is 7.40. The van der Waals surface area contributed by atoms with Crippen molar-refractivity contribution in [2.24, 2.45) is 0 Å². The minimum atomic E-state index is -0.933. The second-order valence-corrected chi connectivity index (χ2v) is 6.79. The van der Waals surface area contributed by atoms with Crippen molar-refractivity contribution in [2.45, 2.75) is 33.8 Å². The molecule has 0 bridgehead atoms. The summed E-state index contributed by atoms with van der Waals surface area (Å²) in [7, 11) is 3.09. The monoisotopic (exact) mass is 397 g/mol. The summed E-state index contributed by atoms with van der Waals surface area (Å²) in [5.41, 5.74) is 4.52. The molecule has 0 aliphatic heterocycles. The highest BCUT2D eigenvalue weighted by Crippen LogP contribution is 2.28. The predicted octanol–water partition coefficient (Wildman–Crippen LogP) is 4.21. The molecular weight excluding hydrogens is 370 g/mol. The summed E-state index contributed by atoms with van der Waals surface area (Å²) >= 11 is 0. The van der Waals surface area contributed by atoms with Gasteiger partial charge in [-0.1, -0.05) is 23.8 Å². The molecule has 0 spiro atoms. The summed E-state index contributed by atoms with van der Waals surface area (Å²) in [6.07, 6.45) is 1.93. The van der Waals surface area contributed by atoms with Gasteiger partial charge in [0.05, 0.1) is 14.2 Å². The fourth-order valence-electron chi connectivity index (χ4n) is 2.99. The number of hydrogen-bond donors (Lipinski definition) is 1. The van der Waals surface area contributed by atoms with Crippen LogP contribution in [0.2, 0.25) is 0 Å². The Morgan fingerprint density at radius 2 is 1.59 bits per heavy atom. The zero-order chi connectivity index (χ0) is 21.6. The van der Waals surface area contributed by atoms with Gasteiger partial charge in [0.15, 0.2) is 17.6 Å². The van der Waals surface area contributed by atoms with Crippen LogP contribution in [0.25, 0.3) is 6.08 Å². The Bertz CT molecular complexity index is 910. The molecule has 0 aliphatic rings. The van der Waals surface area contributed by atoms with Gasteiger partial charge >= 0.3 is 5.97 Å². The van der Waals surface area contributed by atoms with Crippen molar-refractivity contribution in [3.05, 3.63) is 58.7 Å². The van der Waals surface area contributed by atoms with Gasteiger partial charge in [0.25, 0.3) is 5.91 Å². The summed E-state index contributed by atoms with van der Waals surface area (Å²) in [4.78, 5) is 24.5. The van der Waals surface area contributed by atoms with Gasteiger partial charge in [-0.15, -0.1) is 0 Å². The average Bonchev–Trinajstić information content (AvgIpc) is 2.68. The number of carbonyl (C=O) groups excluding carboxylic acids is 2. The quantitative estimate of drug-likeness (QED) is 0.560. The zero-order valence-electron chi connectivity index (χ0n) is 17.7. The zero-order valence-corrected chi connectivity index (χ0v) is 17.7. The number of nitrogens with one attached hydrogen (secondary N) is 1. The van der Waals surface area contributed by atoms with Gasteiger partial charge in [0, 0.05) is 11.8 Å². The third-order valence-corrected chi connectivity index (χ3v) is 4.41. The summed E-state index contributed by atoms with van der Waals surface area (Å²) in [5, 5.41) is 2.84. The van der Waals surface area contributed by atoms with E-state index in [4.69, 9.17) is 14.2 Å². The molecule has 2 aromatic rings. The standard InChI is InChI=1S/C23H27NO5/c1-14-11-15(2)22(16(3)12-14)24-23(26)17(4)29-21(25)10-8-18-7-9-19(27-5)20(13-18)28-6/h7-13,17H,1-6H3,(H,24,26)/b10-8+/t17-/m0/s1. The third kappa shape index (κ3) is 5.85. The highest BCUT2D eigenvalue weighted by molar-refractivity contribution is 5.97. The maximum atomic E-state index is 12.4. The number of benzene rings is 2. The Hall–Kier alpha value is -3.28. The van der Waals surface area contributed by atoms with E-state index in [0.29, 0.717) is 11.5 Å². The van der Waals surface area contributed by atoms with E-state index in [-0.39, 0.29) is 5.91 Å². The molecule has 1 atom stereocenters. The van der Waals surface area contributed by atoms with E-state index in [2.05, 4.69) is 5.32 Å². The highest BCUT2D eigenvalue weighted by atomic mass is 16.5. The number of esters is 1. The van der Waals surface area contributed by atoms with Crippen LogP contribution in [-0.4, -0.2) is 32.2 Å². The first kappa shape index (κ1) is 22.0. The van der Waals surface area contributed by atoms with E-state index in [1.165, 1.54) is 20.1 Å². The van der Waals surface area contributed by atoms with E-state index in [0.717, 1.165) is 27.9 Å². The van der Waals surface area contributed by atoms with Crippen LogP contribution in [0.3, 0.4) is 0 Å². The number of hydrogen-bond acceptors (Lipinski definition) is 5. The first-order valence-corrected chi connectivity index (χ1v) is 9.24. The molecule has 1 N–H and O–H groups in total. The van der Waals surface area contributed by atoms with E-state index >= 15 is 0 Å². The molecule has 0 saturated heterocycles. The fourth-order valence-corrected chi connectivity index (χ4v) is 2.99. The van der Waals surface area contributed by atoms with Gasteiger partial charge < -0.3 is 19.5 Å². The minimum Gasteiger partial charge on any atom is -0.493 e. The molecule has 6 heteroatoms. The van der Waals surface area contributed by atoms with Crippen LogP contribution in [-0.2, 0) is 14.3 Å². The minimum absolute atomic E-state index is 0.382. The number of aryl methyl sites for hydroxylation is 3. The number of carbonyl (C=O) groups is 2. The molecule has 0 saturated carbocycles. The van der Waals surface area contributed by atoms with Crippen molar-refractivity contribution in [2.75, 3.05) is 19.5 Å². The Labute approximate surface area is 171 Å². The van der Waals surface area contributed by atoms with Crippen LogP contribution < -0.4 is 14.8 Å². The molecule has 0 aromatic heterocycles. The second kappa shape index (κ2) is 9.78. The molecule has 6 nitrogen and oxygen atoms in total. The van der Waals surface area contributed by atoms with Crippen molar-refractivity contribution in [3.63, 3.8) is 0 Å². The van der Waals surface area contributed by atoms with Crippen molar-refractivity contribution in [1.82, 2.24) is 0 Å². The van der Waals surface area contributed by atoms with Crippen LogP contribution in [0.4, 0.5) is 5.69 Å². The lowest BCUT2D eigenvalue weighted by Gasteiger charge is -2.16. The van der Waals surface area contributed by atoms with E-state index < -0.39 is 12.1 Å². The molecule has 0 fully saturated rings. The van der Waals surface area contributed by atoms with Gasteiger partial charge in [0.1, 0.15) is 0 Å². The average molecular weight is 397 g/mol. The Morgan fingerprint density at radius 3 is 2.17 bits per heavy atom. The SMILES string of the molecule is COc1ccc(/C=C/C(=O)O[C@@H](C)C(=O)Nc2c(C)cc(C)cc2C)cc1OC. The van der Waals surface area contributed by atoms with Gasteiger partial charge in [-0.25, -0.2) is 4.79 Å². The number of amides is 1. The van der Waals surface area contributed by atoms with E-state index in [1.807, 2.05) is 32.9 Å². The van der Waals surface area contributed by atoms with Crippen molar-refractivity contribution in [1.29, 1.82) is 0 Å². The lowest BCUT2D eigenvalue weighted by Crippen LogP contribution is -2.30. The molecule has 2 rings (SSSR count). The van der Waals surface area contributed by atoms with Crippen LogP contribution in [0.5, 0.6) is 11.5 Å². The van der Waals surface area contributed by atoms with Crippen molar-refractivity contribution >= 4 is 23.6 Å². The first-order chi connectivity index (χ1) is 13.7. The highest BCUT2D eigenvalue weighted by Gasteiger charge is 2.18. The normalized spacial score (nSPS) is 11.8. The second-order valence-electron chi connectivity index (χ2n) is 6.79. The molecule has 0 radical (unpaired) electrons. The van der Waals surface area contributed by atoms with Crippen LogP contribution in [0.15, 0.2) is 36.4 Å². The van der Waals surface area contributed by atoms with Crippen molar-refractivity contribution in [3.8, 4) is 11.5 Å². The van der Waals surface area contributed by atoms with Gasteiger partial charge in [0.2, 0.25) is 0 Å². The smallest absolute Gasteiger partial charge is 0.331 e. The van der Waals surface area contributed by atoms with Gasteiger partial charge in [-0.05, 0) is 62.6 Å². The maximum absolute atomic E-state index is 12.4. The molecule has 1 amide bonds. The Kier molecular flexibility index (Phi) is 7.42. The molecular formula is C23H27NO5. The molecule has 0 unspecified atom stereocenters.